The lowest BCUT2D eigenvalue weighted by molar-refractivity contribution is 0.150. The summed E-state index contributed by atoms with van der Waals surface area (Å²) in [5.74, 6) is 0. The molecule has 0 radical (unpaired) electrons. The minimum absolute atomic E-state index is 0.123. The summed E-state index contributed by atoms with van der Waals surface area (Å²) in [6.07, 6.45) is 4.80. The van der Waals surface area contributed by atoms with Crippen LogP contribution in [0.5, 0.6) is 0 Å². The molecule has 1 heterocycles. The van der Waals surface area contributed by atoms with Gasteiger partial charge in [0.2, 0.25) is 0 Å². The summed E-state index contributed by atoms with van der Waals surface area (Å²) in [5, 5.41) is 17.4. The highest BCUT2D eigenvalue weighted by molar-refractivity contribution is 5.61. The highest BCUT2D eigenvalue weighted by Crippen LogP contribution is 2.23. The van der Waals surface area contributed by atoms with Gasteiger partial charge < -0.3 is 10.4 Å². The van der Waals surface area contributed by atoms with Gasteiger partial charge in [0.05, 0.1) is 18.8 Å². The van der Waals surface area contributed by atoms with E-state index in [0.717, 1.165) is 18.5 Å². The Hall–Kier alpha value is -1.65. The third-order valence-electron chi connectivity index (χ3n) is 3.86. The second-order valence-electron chi connectivity index (χ2n) is 5.88. The van der Waals surface area contributed by atoms with Crippen LogP contribution in [-0.2, 0) is 0 Å². The first kappa shape index (κ1) is 15.7. The van der Waals surface area contributed by atoms with Gasteiger partial charge in [-0.25, -0.2) is 0 Å². The lowest BCUT2D eigenvalue weighted by atomic mass is 9.94. The molecule has 2 unspecified atom stereocenters. The average molecular weight is 287 g/mol. The van der Waals surface area contributed by atoms with Gasteiger partial charge in [0, 0.05) is 17.3 Å². The van der Waals surface area contributed by atoms with Gasteiger partial charge in [-0.2, -0.15) is 5.10 Å². The Morgan fingerprint density at radius 3 is 2.62 bits per heavy atom. The Kier molecular flexibility index (Phi) is 5.15. The van der Waals surface area contributed by atoms with Gasteiger partial charge in [-0.1, -0.05) is 37.3 Å². The molecule has 0 saturated heterocycles. The molecule has 4 heteroatoms. The summed E-state index contributed by atoms with van der Waals surface area (Å²) >= 11 is 0. The summed E-state index contributed by atoms with van der Waals surface area (Å²) in [6.45, 7) is 7.21. The van der Waals surface area contributed by atoms with Crippen LogP contribution < -0.4 is 5.32 Å². The van der Waals surface area contributed by atoms with Crippen LogP contribution in [-0.4, -0.2) is 33.6 Å². The molecule has 2 atom stereocenters. The number of aromatic nitrogens is 2. The number of nitrogens with one attached hydrogen (secondary N) is 1. The topological polar surface area (TPSA) is 50.1 Å². The number of rotatable bonds is 7. The van der Waals surface area contributed by atoms with E-state index < -0.39 is 0 Å². The number of aliphatic hydroxyl groups excluding tert-OH is 1. The average Bonchev–Trinajstić information content (AvgIpc) is 2.98. The van der Waals surface area contributed by atoms with E-state index in [1.165, 1.54) is 5.56 Å². The maximum Gasteiger partial charge on any atom is 0.0611 e. The highest BCUT2D eigenvalue weighted by atomic mass is 16.3. The lowest BCUT2D eigenvalue weighted by Crippen LogP contribution is -2.47. The van der Waals surface area contributed by atoms with Crippen LogP contribution in [0.25, 0.3) is 11.1 Å². The molecule has 0 aliphatic heterocycles. The summed E-state index contributed by atoms with van der Waals surface area (Å²) in [4.78, 5) is 0. The Morgan fingerprint density at radius 2 is 2.00 bits per heavy atom. The largest absolute Gasteiger partial charge is 0.394 e. The van der Waals surface area contributed by atoms with Gasteiger partial charge in [0.25, 0.3) is 0 Å². The molecule has 0 amide bonds. The first-order valence-electron chi connectivity index (χ1n) is 7.53. The number of aliphatic hydroxyl groups is 1. The Labute approximate surface area is 126 Å². The second-order valence-corrected chi connectivity index (χ2v) is 5.88. The first-order valence-corrected chi connectivity index (χ1v) is 7.53. The van der Waals surface area contributed by atoms with Crippen molar-refractivity contribution in [3.63, 3.8) is 0 Å². The van der Waals surface area contributed by atoms with Gasteiger partial charge in [0.1, 0.15) is 0 Å². The van der Waals surface area contributed by atoms with Gasteiger partial charge in [0.15, 0.2) is 0 Å². The highest BCUT2D eigenvalue weighted by Gasteiger charge is 2.25. The van der Waals surface area contributed by atoms with Crippen molar-refractivity contribution < 1.29 is 5.11 Å². The number of benzene rings is 1. The summed E-state index contributed by atoms with van der Waals surface area (Å²) in [7, 11) is 0. The third kappa shape index (κ3) is 3.93. The quantitative estimate of drug-likeness (QED) is 0.823. The van der Waals surface area contributed by atoms with Gasteiger partial charge in [-0.05, 0) is 32.4 Å². The minimum atomic E-state index is -0.271. The molecule has 0 spiro atoms. The van der Waals surface area contributed by atoms with E-state index in [1.54, 1.807) is 0 Å². The van der Waals surface area contributed by atoms with Crippen LogP contribution in [0.3, 0.4) is 0 Å². The summed E-state index contributed by atoms with van der Waals surface area (Å²) in [5.41, 5.74) is 2.02. The van der Waals surface area contributed by atoms with Crippen molar-refractivity contribution in [2.75, 3.05) is 13.2 Å². The van der Waals surface area contributed by atoms with Crippen molar-refractivity contribution in [2.24, 2.45) is 0 Å². The molecule has 0 bridgehead atoms. The molecule has 2 rings (SSSR count). The zero-order chi connectivity index (χ0) is 15.3. The maximum absolute atomic E-state index is 9.60. The molecule has 0 aliphatic rings. The molecule has 21 heavy (non-hydrogen) atoms. The van der Waals surface area contributed by atoms with E-state index in [2.05, 4.69) is 49.5 Å². The monoisotopic (exact) mass is 287 g/mol. The zero-order valence-electron chi connectivity index (χ0n) is 13.1. The van der Waals surface area contributed by atoms with Crippen LogP contribution in [0.4, 0.5) is 0 Å². The van der Waals surface area contributed by atoms with Crippen molar-refractivity contribution in [1.29, 1.82) is 0 Å². The SMILES string of the molecule is CCNC(C)(CO)CC(C)n1cc(-c2ccccc2)cn1. The molecule has 1 aromatic carbocycles. The van der Waals surface area contributed by atoms with Crippen LogP contribution in [0.2, 0.25) is 0 Å². The number of nitrogens with zero attached hydrogens (tertiary/aromatic N) is 2. The molecule has 1 aromatic heterocycles. The lowest BCUT2D eigenvalue weighted by Gasteiger charge is -2.31. The van der Waals surface area contributed by atoms with Crippen molar-refractivity contribution in [1.82, 2.24) is 15.1 Å². The summed E-state index contributed by atoms with van der Waals surface area (Å²) < 4.78 is 1.98. The van der Waals surface area contributed by atoms with E-state index >= 15 is 0 Å². The van der Waals surface area contributed by atoms with Crippen molar-refractivity contribution in [3.8, 4) is 11.1 Å². The molecule has 0 saturated carbocycles. The second kappa shape index (κ2) is 6.87. The van der Waals surface area contributed by atoms with E-state index in [-0.39, 0.29) is 18.2 Å². The predicted octanol–water partition coefficient (Wildman–Crippen LogP) is 2.86. The van der Waals surface area contributed by atoms with E-state index in [0.29, 0.717) is 0 Å². The van der Waals surface area contributed by atoms with Crippen LogP contribution in [0, 0.1) is 0 Å². The summed E-state index contributed by atoms with van der Waals surface area (Å²) in [6, 6.07) is 10.5. The van der Waals surface area contributed by atoms with E-state index in [9.17, 15) is 5.11 Å². The zero-order valence-corrected chi connectivity index (χ0v) is 13.1. The first-order chi connectivity index (χ1) is 10.1. The smallest absolute Gasteiger partial charge is 0.0611 e. The van der Waals surface area contributed by atoms with Crippen LogP contribution in [0.15, 0.2) is 42.7 Å². The van der Waals surface area contributed by atoms with Crippen LogP contribution in [0.1, 0.15) is 33.2 Å². The third-order valence-corrected chi connectivity index (χ3v) is 3.86. The maximum atomic E-state index is 9.60. The molecular formula is C17H25N3O. The number of hydrogen-bond donors (Lipinski definition) is 2. The molecule has 0 aliphatic carbocycles. The van der Waals surface area contributed by atoms with Crippen molar-refractivity contribution in [2.45, 2.75) is 38.8 Å². The predicted molar refractivity (Wildman–Crippen MR) is 86.2 cm³/mol. The van der Waals surface area contributed by atoms with Gasteiger partial charge in [-0.15, -0.1) is 0 Å². The molecule has 2 N–H and O–H groups in total. The van der Waals surface area contributed by atoms with E-state index in [4.69, 9.17) is 0 Å². The fourth-order valence-corrected chi connectivity index (χ4v) is 2.72. The molecule has 114 valence electrons. The Bertz CT molecular complexity index is 552. The fraction of sp³-hybridized carbons (Fsp3) is 0.471. The Balaban J connectivity index is 2.10. The van der Waals surface area contributed by atoms with Gasteiger partial charge in [-0.3, -0.25) is 4.68 Å². The minimum Gasteiger partial charge on any atom is -0.394 e. The molecule has 4 nitrogen and oxygen atoms in total. The number of likely N-dealkylation sites (N-methyl/N-ethyl adjacent to an activating group) is 1. The molecule has 0 fully saturated rings. The van der Waals surface area contributed by atoms with Gasteiger partial charge >= 0.3 is 0 Å². The molecular weight excluding hydrogens is 262 g/mol. The van der Waals surface area contributed by atoms with Crippen LogP contribution >= 0.6 is 0 Å². The Morgan fingerprint density at radius 1 is 1.29 bits per heavy atom. The normalized spacial score (nSPS) is 15.6. The standard InChI is InChI=1S/C17H25N3O/c1-4-18-17(3,13-21)10-14(2)20-12-16(11-19-20)15-8-6-5-7-9-15/h5-9,11-12,14,18,21H,4,10,13H2,1-3H3. The fourth-order valence-electron chi connectivity index (χ4n) is 2.72. The number of hydrogen-bond acceptors (Lipinski definition) is 3. The van der Waals surface area contributed by atoms with Crippen molar-refractivity contribution >= 4 is 0 Å². The molecule has 2 aromatic rings. The van der Waals surface area contributed by atoms with Crippen molar-refractivity contribution in [3.05, 3.63) is 42.7 Å². The van der Waals surface area contributed by atoms with E-state index in [1.807, 2.05) is 29.1 Å².